The van der Waals surface area contributed by atoms with Crippen molar-refractivity contribution in [3.8, 4) is 17.6 Å². The van der Waals surface area contributed by atoms with Crippen LogP contribution in [-0.2, 0) is 17.9 Å². The van der Waals surface area contributed by atoms with Crippen molar-refractivity contribution in [2.45, 2.75) is 40.0 Å². The largest absolute Gasteiger partial charge is 0.488 e. The van der Waals surface area contributed by atoms with Gasteiger partial charge in [-0.05, 0) is 50.1 Å². The Morgan fingerprint density at radius 3 is 2.77 bits per heavy atom. The highest BCUT2D eigenvalue weighted by molar-refractivity contribution is 5.79. The highest BCUT2D eigenvalue weighted by Crippen LogP contribution is 2.24. The van der Waals surface area contributed by atoms with E-state index in [1.165, 1.54) is 5.56 Å². The van der Waals surface area contributed by atoms with Crippen LogP contribution in [0.4, 0.5) is 0 Å². The van der Waals surface area contributed by atoms with E-state index < -0.39 is 0 Å². The number of likely N-dealkylation sites (tertiary alicyclic amines) is 1. The van der Waals surface area contributed by atoms with E-state index in [2.05, 4.69) is 34.3 Å². The molecule has 0 atom stereocenters. The lowest BCUT2D eigenvalue weighted by atomic mass is 9.97. The van der Waals surface area contributed by atoms with Gasteiger partial charge in [-0.2, -0.15) is 5.26 Å². The first kappa shape index (κ1) is 21.6. The third-order valence-corrected chi connectivity index (χ3v) is 5.08. The van der Waals surface area contributed by atoms with Gasteiger partial charge in [0.25, 0.3) is 0 Å². The third kappa shape index (κ3) is 5.28. The van der Waals surface area contributed by atoms with Crippen LogP contribution < -0.4 is 14.8 Å². The minimum atomic E-state index is -0.0200. The van der Waals surface area contributed by atoms with Gasteiger partial charge < -0.3 is 14.8 Å². The number of aryl methyl sites for hydroxylation is 1. The van der Waals surface area contributed by atoms with Crippen LogP contribution in [0.25, 0.3) is 0 Å². The summed E-state index contributed by atoms with van der Waals surface area (Å²) in [5.41, 5.74) is 3.48. The molecule has 0 bridgehead atoms. The van der Waals surface area contributed by atoms with E-state index in [-0.39, 0.29) is 24.5 Å². The topological polar surface area (TPSA) is 87.5 Å². The van der Waals surface area contributed by atoms with Gasteiger partial charge >= 0.3 is 0 Å². The number of aromatic nitrogens is 1. The smallest absolute Gasteiger partial charge is 0.225 e. The molecular weight excluding hydrogens is 380 g/mol. The summed E-state index contributed by atoms with van der Waals surface area (Å²) in [6.45, 7) is 8.56. The molecular formula is C23H28N4O3. The van der Waals surface area contributed by atoms with E-state index in [4.69, 9.17) is 9.47 Å². The lowest BCUT2D eigenvalue weighted by Crippen LogP contribution is -2.52. The maximum atomic E-state index is 11.6. The van der Waals surface area contributed by atoms with Crippen molar-refractivity contribution < 1.29 is 14.3 Å². The molecule has 1 aromatic carbocycles. The Hall–Kier alpha value is -3.11. The van der Waals surface area contributed by atoms with Gasteiger partial charge in [0.1, 0.15) is 18.4 Å². The SMILES string of the molecule is CNC(=O)C1CN(Cc2ccc(OCc3cc(C#N)c(OC(C)C)cn3)cc2C)C1. The van der Waals surface area contributed by atoms with Gasteiger partial charge in [0.2, 0.25) is 5.91 Å². The van der Waals surface area contributed by atoms with Crippen LogP contribution in [0.1, 0.15) is 36.2 Å². The number of nitriles is 1. The summed E-state index contributed by atoms with van der Waals surface area (Å²) < 4.78 is 11.5. The lowest BCUT2D eigenvalue weighted by Gasteiger charge is -2.38. The Kier molecular flexibility index (Phi) is 6.91. The average molecular weight is 409 g/mol. The zero-order valence-electron chi connectivity index (χ0n) is 17.9. The maximum Gasteiger partial charge on any atom is 0.225 e. The summed E-state index contributed by atoms with van der Waals surface area (Å²) in [7, 11) is 1.68. The van der Waals surface area contributed by atoms with E-state index in [1.54, 1.807) is 19.3 Å². The normalized spacial score (nSPS) is 14.1. The second-order valence-corrected chi connectivity index (χ2v) is 7.83. The maximum absolute atomic E-state index is 11.6. The van der Waals surface area contributed by atoms with Gasteiger partial charge in [0, 0.05) is 26.7 Å². The summed E-state index contributed by atoms with van der Waals surface area (Å²) in [4.78, 5) is 18.2. The van der Waals surface area contributed by atoms with Crippen LogP contribution in [-0.4, -0.2) is 42.0 Å². The molecule has 158 valence electrons. The number of benzene rings is 1. The molecule has 1 saturated heterocycles. The van der Waals surface area contributed by atoms with Gasteiger partial charge in [-0.25, -0.2) is 0 Å². The highest BCUT2D eigenvalue weighted by atomic mass is 16.5. The molecule has 0 radical (unpaired) electrons. The van der Waals surface area contributed by atoms with Crippen LogP contribution in [0.3, 0.4) is 0 Å². The Balaban J connectivity index is 1.56. The van der Waals surface area contributed by atoms with Crippen LogP contribution in [0.5, 0.6) is 11.5 Å². The van der Waals surface area contributed by atoms with Crippen molar-refractivity contribution in [2.24, 2.45) is 5.92 Å². The number of ether oxygens (including phenoxy) is 2. The van der Waals surface area contributed by atoms with E-state index >= 15 is 0 Å². The van der Waals surface area contributed by atoms with Crippen molar-refractivity contribution in [1.82, 2.24) is 15.2 Å². The van der Waals surface area contributed by atoms with Crippen molar-refractivity contribution in [3.63, 3.8) is 0 Å². The minimum Gasteiger partial charge on any atom is -0.488 e. The van der Waals surface area contributed by atoms with Crippen LogP contribution in [0.15, 0.2) is 30.5 Å². The molecule has 0 aliphatic carbocycles. The number of hydrogen-bond donors (Lipinski definition) is 1. The summed E-state index contributed by atoms with van der Waals surface area (Å²) in [5, 5.41) is 12.0. The lowest BCUT2D eigenvalue weighted by molar-refractivity contribution is -0.129. The van der Waals surface area contributed by atoms with E-state index in [1.807, 2.05) is 26.0 Å². The molecule has 1 aromatic heterocycles. The Bertz CT molecular complexity index is 946. The van der Waals surface area contributed by atoms with Gasteiger partial charge in [0.05, 0.1) is 29.5 Å². The minimum absolute atomic E-state index is 0.0200. The number of carbonyl (C=O) groups is 1. The molecule has 1 amide bonds. The number of nitrogens with one attached hydrogen (secondary N) is 1. The molecule has 1 aliphatic heterocycles. The van der Waals surface area contributed by atoms with Crippen molar-refractivity contribution in [2.75, 3.05) is 20.1 Å². The molecule has 1 N–H and O–H groups in total. The van der Waals surface area contributed by atoms with E-state index in [9.17, 15) is 10.1 Å². The first-order chi connectivity index (χ1) is 14.4. The van der Waals surface area contributed by atoms with Gasteiger partial charge in [-0.3, -0.25) is 14.7 Å². The highest BCUT2D eigenvalue weighted by Gasteiger charge is 2.31. The molecule has 7 heteroatoms. The Labute approximate surface area is 177 Å². The fourth-order valence-corrected chi connectivity index (χ4v) is 3.40. The number of nitrogens with zero attached hydrogens (tertiary/aromatic N) is 3. The molecule has 0 unspecified atom stereocenters. The first-order valence-corrected chi connectivity index (χ1v) is 10.1. The fraction of sp³-hybridized carbons (Fsp3) is 0.435. The average Bonchev–Trinajstić information content (AvgIpc) is 2.69. The number of carbonyl (C=O) groups excluding carboxylic acids is 1. The molecule has 2 aromatic rings. The molecule has 0 spiro atoms. The van der Waals surface area contributed by atoms with E-state index in [0.29, 0.717) is 17.0 Å². The third-order valence-electron chi connectivity index (χ3n) is 5.08. The molecule has 30 heavy (non-hydrogen) atoms. The van der Waals surface area contributed by atoms with Gasteiger partial charge in [-0.1, -0.05) is 6.07 Å². The zero-order valence-corrected chi connectivity index (χ0v) is 17.9. The van der Waals surface area contributed by atoms with Crippen LogP contribution in [0, 0.1) is 24.2 Å². The molecule has 7 nitrogen and oxygen atoms in total. The summed E-state index contributed by atoms with van der Waals surface area (Å²) >= 11 is 0. The van der Waals surface area contributed by atoms with Gasteiger partial charge in [-0.15, -0.1) is 0 Å². The molecule has 1 fully saturated rings. The summed E-state index contributed by atoms with van der Waals surface area (Å²) in [6, 6.07) is 9.86. The second kappa shape index (κ2) is 9.59. The van der Waals surface area contributed by atoms with Crippen molar-refractivity contribution in [3.05, 3.63) is 52.8 Å². The molecule has 2 heterocycles. The zero-order chi connectivity index (χ0) is 21.7. The van der Waals surface area contributed by atoms with E-state index in [0.717, 1.165) is 30.9 Å². The predicted octanol–water partition coefficient (Wildman–Crippen LogP) is 2.81. The number of rotatable bonds is 8. The molecule has 1 aliphatic rings. The number of hydrogen-bond acceptors (Lipinski definition) is 6. The molecule has 3 rings (SSSR count). The number of amides is 1. The van der Waals surface area contributed by atoms with Gasteiger partial charge in [0.15, 0.2) is 5.75 Å². The quantitative estimate of drug-likeness (QED) is 0.723. The standard InChI is InChI=1S/C23H28N4O3/c1-15(2)30-22-10-26-20(8-18(22)9-24)14-29-21-6-5-17(16(3)7-21)11-27-12-19(13-27)23(28)25-4/h5-8,10,15,19H,11-14H2,1-4H3,(H,25,28). The predicted molar refractivity (Wildman–Crippen MR) is 113 cm³/mol. The Morgan fingerprint density at radius 1 is 1.37 bits per heavy atom. The van der Waals surface area contributed by atoms with Crippen molar-refractivity contribution >= 4 is 5.91 Å². The fourth-order valence-electron chi connectivity index (χ4n) is 3.40. The summed E-state index contributed by atoms with van der Waals surface area (Å²) in [6.07, 6.45) is 1.55. The summed E-state index contributed by atoms with van der Waals surface area (Å²) in [5.74, 6) is 1.46. The molecule has 0 saturated carbocycles. The first-order valence-electron chi connectivity index (χ1n) is 10.1. The Morgan fingerprint density at radius 2 is 2.13 bits per heavy atom. The van der Waals surface area contributed by atoms with Crippen molar-refractivity contribution in [1.29, 1.82) is 5.26 Å². The van der Waals surface area contributed by atoms with Crippen LogP contribution in [0.2, 0.25) is 0 Å². The monoisotopic (exact) mass is 408 g/mol. The van der Waals surface area contributed by atoms with Crippen LogP contribution >= 0.6 is 0 Å². The number of pyridine rings is 1. The second-order valence-electron chi connectivity index (χ2n) is 7.83.